The number of carbonyl (C=O) groups is 1. The van der Waals surface area contributed by atoms with Crippen molar-refractivity contribution in [2.45, 2.75) is 38.6 Å². The van der Waals surface area contributed by atoms with Gasteiger partial charge in [0, 0.05) is 31.6 Å². The number of likely N-dealkylation sites (N-methyl/N-ethyl adjacent to an activating group) is 1. The van der Waals surface area contributed by atoms with Gasteiger partial charge >= 0.3 is 0 Å². The van der Waals surface area contributed by atoms with Crippen LogP contribution in [-0.2, 0) is 11.2 Å². The summed E-state index contributed by atoms with van der Waals surface area (Å²) in [6.45, 7) is 5.15. The number of nitrogens with zero attached hydrogens (tertiary/aromatic N) is 3. The third kappa shape index (κ3) is 3.44. The Balaban J connectivity index is 1.46. The Hall–Kier alpha value is -1.95. The summed E-state index contributed by atoms with van der Waals surface area (Å²) in [5, 5.41) is 3.06. The van der Waals surface area contributed by atoms with Crippen molar-refractivity contribution < 1.29 is 4.79 Å². The fourth-order valence-corrected chi connectivity index (χ4v) is 3.11. The maximum atomic E-state index is 12.0. The van der Waals surface area contributed by atoms with E-state index in [4.69, 9.17) is 0 Å². The van der Waals surface area contributed by atoms with E-state index < -0.39 is 0 Å². The standard InChI is InChI=1S/C16H23N5O/c1-2-21-10-4-5-12(21)11-18-15(22)8-7-14-19-13-6-3-9-17-16(13)20-14/h3,6,9,12H,2,4-5,7-8,10-11H2,1H3,(H,18,22)(H,17,19,20). The van der Waals surface area contributed by atoms with E-state index in [-0.39, 0.29) is 5.91 Å². The molecule has 1 unspecified atom stereocenters. The van der Waals surface area contributed by atoms with Crippen molar-refractivity contribution in [1.82, 2.24) is 25.2 Å². The van der Waals surface area contributed by atoms with Crippen LogP contribution in [0, 0.1) is 0 Å². The van der Waals surface area contributed by atoms with Crippen LogP contribution in [0.3, 0.4) is 0 Å². The molecule has 6 nitrogen and oxygen atoms in total. The number of pyridine rings is 1. The summed E-state index contributed by atoms with van der Waals surface area (Å²) in [6, 6.07) is 4.32. The average molecular weight is 301 g/mol. The number of hydrogen-bond donors (Lipinski definition) is 2. The number of nitrogens with one attached hydrogen (secondary N) is 2. The number of hydrogen-bond acceptors (Lipinski definition) is 4. The van der Waals surface area contributed by atoms with Gasteiger partial charge in [0.25, 0.3) is 0 Å². The highest BCUT2D eigenvalue weighted by Gasteiger charge is 2.23. The summed E-state index contributed by atoms with van der Waals surface area (Å²) in [5.74, 6) is 0.913. The molecule has 1 aliphatic heterocycles. The maximum Gasteiger partial charge on any atom is 0.220 e. The van der Waals surface area contributed by atoms with Gasteiger partial charge in [-0.3, -0.25) is 9.69 Å². The summed E-state index contributed by atoms with van der Waals surface area (Å²) in [5.41, 5.74) is 1.63. The highest BCUT2D eigenvalue weighted by Crippen LogP contribution is 2.15. The summed E-state index contributed by atoms with van der Waals surface area (Å²) in [6.07, 6.45) is 5.22. The second-order valence-corrected chi connectivity index (χ2v) is 5.79. The average Bonchev–Trinajstić information content (AvgIpc) is 3.16. The van der Waals surface area contributed by atoms with E-state index >= 15 is 0 Å². The molecule has 3 rings (SSSR count). The van der Waals surface area contributed by atoms with Crippen LogP contribution in [0.4, 0.5) is 0 Å². The quantitative estimate of drug-likeness (QED) is 0.848. The number of amides is 1. The van der Waals surface area contributed by atoms with E-state index in [1.54, 1.807) is 6.20 Å². The number of aromatic amines is 1. The van der Waals surface area contributed by atoms with Crippen molar-refractivity contribution in [3.63, 3.8) is 0 Å². The lowest BCUT2D eigenvalue weighted by atomic mass is 10.2. The van der Waals surface area contributed by atoms with Gasteiger partial charge < -0.3 is 10.3 Å². The topological polar surface area (TPSA) is 73.9 Å². The number of aryl methyl sites for hydroxylation is 1. The van der Waals surface area contributed by atoms with Gasteiger partial charge in [0.05, 0.1) is 5.52 Å². The van der Waals surface area contributed by atoms with Crippen molar-refractivity contribution >= 4 is 17.1 Å². The molecule has 22 heavy (non-hydrogen) atoms. The van der Waals surface area contributed by atoms with Gasteiger partial charge in [0.1, 0.15) is 5.82 Å². The normalized spacial score (nSPS) is 18.9. The molecule has 0 aliphatic carbocycles. The van der Waals surface area contributed by atoms with Gasteiger partial charge in [-0.1, -0.05) is 6.92 Å². The maximum absolute atomic E-state index is 12.0. The largest absolute Gasteiger partial charge is 0.355 e. The molecule has 1 atom stereocenters. The summed E-state index contributed by atoms with van der Waals surface area (Å²) < 4.78 is 0. The number of H-pyrrole nitrogens is 1. The van der Waals surface area contributed by atoms with Gasteiger partial charge in [0.15, 0.2) is 5.65 Å². The molecule has 1 fully saturated rings. The van der Waals surface area contributed by atoms with Gasteiger partial charge in [-0.15, -0.1) is 0 Å². The highest BCUT2D eigenvalue weighted by molar-refractivity contribution is 5.76. The van der Waals surface area contributed by atoms with Crippen molar-refractivity contribution in [3.8, 4) is 0 Å². The van der Waals surface area contributed by atoms with Crippen LogP contribution in [0.1, 0.15) is 32.0 Å². The number of fused-ring (bicyclic) bond motifs is 1. The second-order valence-electron chi connectivity index (χ2n) is 5.79. The zero-order chi connectivity index (χ0) is 15.4. The Morgan fingerprint density at radius 2 is 2.45 bits per heavy atom. The Bertz CT molecular complexity index is 605. The monoisotopic (exact) mass is 301 g/mol. The smallest absolute Gasteiger partial charge is 0.220 e. The first-order valence-electron chi connectivity index (χ1n) is 8.06. The number of carbonyl (C=O) groups excluding carboxylic acids is 1. The highest BCUT2D eigenvalue weighted by atomic mass is 16.1. The van der Waals surface area contributed by atoms with Crippen LogP contribution in [0.15, 0.2) is 18.3 Å². The lowest BCUT2D eigenvalue weighted by molar-refractivity contribution is -0.121. The van der Waals surface area contributed by atoms with Crippen LogP contribution >= 0.6 is 0 Å². The molecule has 3 heterocycles. The molecule has 2 aromatic heterocycles. The molecule has 1 aliphatic rings. The number of rotatable bonds is 6. The van der Waals surface area contributed by atoms with Gasteiger partial charge in [-0.2, -0.15) is 0 Å². The lowest BCUT2D eigenvalue weighted by Gasteiger charge is -2.22. The Labute approximate surface area is 130 Å². The molecule has 1 saturated heterocycles. The zero-order valence-corrected chi connectivity index (χ0v) is 13.0. The minimum Gasteiger partial charge on any atom is -0.355 e. The van der Waals surface area contributed by atoms with E-state index in [0.717, 1.165) is 31.0 Å². The molecule has 0 saturated carbocycles. The predicted octanol–water partition coefficient (Wildman–Crippen LogP) is 1.49. The third-order valence-corrected chi connectivity index (χ3v) is 4.34. The van der Waals surface area contributed by atoms with Crippen molar-refractivity contribution in [2.24, 2.45) is 0 Å². The van der Waals surface area contributed by atoms with Crippen LogP contribution in [0.2, 0.25) is 0 Å². The molecule has 0 bridgehead atoms. The van der Waals surface area contributed by atoms with Gasteiger partial charge in [0.2, 0.25) is 5.91 Å². The van der Waals surface area contributed by atoms with Crippen molar-refractivity contribution in [3.05, 3.63) is 24.2 Å². The molecule has 0 radical (unpaired) electrons. The minimum absolute atomic E-state index is 0.0939. The van der Waals surface area contributed by atoms with E-state index in [1.165, 1.54) is 12.8 Å². The molecule has 6 heteroatoms. The van der Waals surface area contributed by atoms with E-state index in [0.29, 0.717) is 24.5 Å². The van der Waals surface area contributed by atoms with E-state index in [2.05, 4.69) is 32.1 Å². The Morgan fingerprint density at radius 1 is 1.55 bits per heavy atom. The second kappa shape index (κ2) is 6.87. The summed E-state index contributed by atoms with van der Waals surface area (Å²) >= 11 is 0. The fourth-order valence-electron chi connectivity index (χ4n) is 3.11. The van der Waals surface area contributed by atoms with Crippen LogP contribution in [0.5, 0.6) is 0 Å². The minimum atomic E-state index is 0.0939. The van der Waals surface area contributed by atoms with E-state index in [9.17, 15) is 4.79 Å². The summed E-state index contributed by atoms with van der Waals surface area (Å²) in [7, 11) is 0. The Morgan fingerprint density at radius 3 is 3.27 bits per heavy atom. The molecule has 0 spiro atoms. The summed E-state index contributed by atoms with van der Waals surface area (Å²) in [4.78, 5) is 26.2. The van der Waals surface area contributed by atoms with Crippen molar-refractivity contribution in [1.29, 1.82) is 0 Å². The SMILES string of the molecule is CCN1CCCC1CNC(=O)CCc1nc2ncccc2[nH]1. The molecule has 118 valence electrons. The molecule has 2 aromatic rings. The zero-order valence-electron chi connectivity index (χ0n) is 13.0. The molecule has 0 aromatic carbocycles. The molecule has 2 N–H and O–H groups in total. The van der Waals surface area contributed by atoms with E-state index in [1.807, 2.05) is 12.1 Å². The van der Waals surface area contributed by atoms with Crippen LogP contribution in [0.25, 0.3) is 11.2 Å². The van der Waals surface area contributed by atoms with Crippen LogP contribution < -0.4 is 5.32 Å². The molecule has 1 amide bonds. The number of imidazole rings is 1. The fraction of sp³-hybridized carbons (Fsp3) is 0.562. The molecular formula is C16H23N5O. The predicted molar refractivity (Wildman–Crippen MR) is 85.5 cm³/mol. The van der Waals surface area contributed by atoms with Crippen LogP contribution in [-0.4, -0.2) is 51.4 Å². The first-order valence-corrected chi connectivity index (χ1v) is 8.06. The number of likely N-dealkylation sites (tertiary alicyclic amines) is 1. The molecular weight excluding hydrogens is 278 g/mol. The first kappa shape index (κ1) is 15.0. The third-order valence-electron chi connectivity index (χ3n) is 4.34. The number of aromatic nitrogens is 3. The Kier molecular flexibility index (Phi) is 4.68. The lowest BCUT2D eigenvalue weighted by Crippen LogP contribution is -2.40. The van der Waals surface area contributed by atoms with Gasteiger partial charge in [-0.05, 0) is 38.1 Å². The first-order chi connectivity index (χ1) is 10.8. The van der Waals surface area contributed by atoms with Crippen molar-refractivity contribution in [2.75, 3.05) is 19.6 Å². The van der Waals surface area contributed by atoms with Gasteiger partial charge in [-0.25, -0.2) is 9.97 Å².